The van der Waals surface area contributed by atoms with Crippen molar-refractivity contribution in [2.45, 2.75) is 23.8 Å². The van der Waals surface area contributed by atoms with Crippen LogP contribution in [0, 0.1) is 0 Å². The van der Waals surface area contributed by atoms with Crippen molar-refractivity contribution in [2.75, 3.05) is 13.1 Å². The van der Waals surface area contributed by atoms with Crippen molar-refractivity contribution in [1.82, 2.24) is 4.31 Å². The SMILES string of the molecule is NC1CCN(S(=O)(=O)c2cc(Br)sc2Br)CC1. The number of thiophene rings is 1. The molecule has 0 unspecified atom stereocenters. The van der Waals surface area contributed by atoms with E-state index in [1.54, 1.807) is 6.07 Å². The molecule has 96 valence electrons. The smallest absolute Gasteiger partial charge is 0.245 e. The first-order chi connectivity index (χ1) is 7.91. The average molecular weight is 404 g/mol. The Bertz CT molecular complexity index is 507. The number of rotatable bonds is 2. The van der Waals surface area contributed by atoms with Gasteiger partial charge in [-0.3, -0.25) is 0 Å². The molecule has 0 atom stereocenters. The molecule has 2 rings (SSSR count). The average Bonchev–Trinajstić information content (AvgIpc) is 2.59. The van der Waals surface area contributed by atoms with Gasteiger partial charge in [-0.1, -0.05) is 0 Å². The van der Waals surface area contributed by atoms with Gasteiger partial charge in [0.1, 0.15) is 4.90 Å². The van der Waals surface area contributed by atoms with Gasteiger partial charge in [0.2, 0.25) is 10.0 Å². The molecule has 2 heterocycles. The van der Waals surface area contributed by atoms with Crippen molar-refractivity contribution in [3.05, 3.63) is 13.6 Å². The summed E-state index contributed by atoms with van der Waals surface area (Å²) in [6.07, 6.45) is 1.45. The van der Waals surface area contributed by atoms with E-state index in [0.29, 0.717) is 21.8 Å². The van der Waals surface area contributed by atoms with E-state index in [-0.39, 0.29) is 6.04 Å². The second kappa shape index (κ2) is 5.26. The summed E-state index contributed by atoms with van der Waals surface area (Å²) >= 11 is 7.95. The summed E-state index contributed by atoms with van der Waals surface area (Å²) in [7, 11) is -3.38. The molecule has 1 aromatic rings. The van der Waals surface area contributed by atoms with Gasteiger partial charge in [-0.25, -0.2) is 8.42 Å². The maximum Gasteiger partial charge on any atom is 0.245 e. The van der Waals surface area contributed by atoms with Crippen LogP contribution in [0.5, 0.6) is 0 Å². The van der Waals surface area contributed by atoms with Gasteiger partial charge >= 0.3 is 0 Å². The Morgan fingerprint density at radius 1 is 1.35 bits per heavy atom. The highest BCUT2D eigenvalue weighted by Crippen LogP contribution is 2.36. The number of halogens is 2. The fraction of sp³-hybridized carbons (Fsp3) is 0.556. The van der Waals surface area contributed by atoms with E-state index in [2.05, 4.69) is 31.9 Å². The standard InChI is InChI=1S/C9H12Br2N2O2S2/c10-8-5-7(9(11)16-8)17(14,15)13-3-1-6(12)2-4-13/h5-6H,1-4,12H2. The molecule has 0 bridgehead atoms. The lowest BCUT2D eigenvalue weighted by Crippen LogP contribution is -2.42. The molecule has 0 spiro atoms. The van der Waals surface area contributed by atoms with E-state index in [0.717, 1.165) is 16.6 Å². The van der Waals surface area contributed by atoms with Crippen LogP contribution in [0.2, 0.25) is 0 Å². The van der Waals surface area contributed by atoms with Crippen LogP contribution in [-0.2, 0) is 10.0 Å². The second-order valence-electron chi connectivity index (χ2n) is 3.93. The number of nitrogens with zero attached hydrogens (tertiary/aromatic N) is 1. The van der Waals surface area contributed by atoms with Gasteiger partial charge in [0, 0.05) is 19.1 Å². The van der Waals surface area contributed by atoms with E-state index in [1.807, 2.05) is 0 Å². The molecule has 0 aromatic carbocycles. The van der Waals surface area contributed by atoms with Crippen LogP contribution in [-0.4, -0.2) is 31.9 Å². The Kier molecular flexibility index (Phi) is 4.32. The first kappa shape index (κ1) is 14.0. The summed E-state index contributed by atoms with van der Waals surface area (Å²) < 4.78 is 27.7. The largest absolute Gasteiger partial charge is 0.328 e. The van der Waals surface area contributed by atoms with E-state index >= 15 is 0 Å². The Labute approximate surface area is 121 Å². The molecule has 0 aliphatic carbocycles. The molecule has 1 aliphatic rings. The molecule has 0 radical (unpaired) electrons. The minimum Gasteiger partial charge on any atom is -0.328 e. The lowest BCUT2D eigenvalue weighted by molar-refractivity contribution is 0.320. The zero-order valence-corrected chi connectivity index (χ0v) is 13.7. The summed E-state index contributed by atoms with van der Waals surface area (Å²) in [6.45, 7) is 1.01. The highest BCUT2D eigenvalue weighted by atomic mass is 79.9. The summed E-state index contributed by atoms with van der Waals surface area (Å²) in [4.78, 5) is 0.338. The van der Waals surface area contributed by atoms with Gasteiger partial charge in [-0.2, -0.15) is 4.31 Å². The molecule has 4 nitrogen and oxygen atoms in total. The summed E-state index contributed by atoms with van der Waals surface area (Å²) in [5.41, 5.74) is 5.78. The molecular formula is C9H12Br2N2O2S2. The molecule has 1 aliphatic heterocycles. The van der Waals surface area contributed by atoms with Crippen molar-refractivity contribution in [2.24, 2.45) is 5.73 Å². The Hall–Kier alpha value is 0.530. The first-order valence-corrected chi connectivity index (χ1v) is 8.96. The zero-order chi connectivity index (χ0) is 12.6. The van der Waals surface area contributed by atoms with Crippen LogP contribution in [0.15, 0.2) is 18.5 Å². The van der Waals surface area contributed by atoms with Gasteiger partial charge in [0.15, 0.2) is 0 Å². The van der Waals surface area contributed by atoms with Crippen LogP contribution in [0.25, 0.3) is 0 Å². The van der Waals surface area contributed by atoms with Crippen molar-refractivity contribution in [3.8, 4) is 0 Å². The van der Waals surface area contributed by atoms with Crippen LogP contribution < -0.4 is 5.73 Å². The predicted octanol–water partition coefficient (Wildman–Crippen LogP) is 2.38. The van der Waals surface area contributed by atoms with Crippen LogP contribution in [0.1, 0.15) is 12.8 Å². The maximum atomic E-state index is 12.4. The molecule has 17 heavy (non-hydrogen) atoms. The third kappa shape index (κ3) is 2.93. The summed E-state index contributed by atoms with van der Waals surface area (Å²) in [5.74, 6) is 0. The van der Waals surface area contributed by atoms with Crippen LogP contribution >= 0.6 is 43.2 Å². The topological polar surface area (TPSA) is 63.4 Å². The Morgan fingerprint density at radius 2 is 1.94 bits per heavy atom. The highest BCUT2D eigenvalue weighted by molar-refractivity contribution is 9.12. The molecule has 2 N–H and O–H groups in total. The minimum absolute atomic E-state index is 0.124. The fourth-order valence-corrected chi connectivity index (χ4v) is 6.99. The molecule has 0 saturated carbocycles. The lowest BCUT2D eigenvalue weighted by atomic mass is 10.1. The predicted molar refractivity (Wildman–Crippen MR) is 75.7 cm³/mol. The van der Waals surface area contributed by atoms with Crippen molar-refractivity contribution < 1.29 is 8.42 Å². The number of nitrogens with two attached hydrogens (primary N) is 1. The van der Waals surface area contributed by atoms with E-state index in [9.17, 15) is 8.42 Å². The van der Waals surface area contributed by atoms with Crippen molar-refractivity contribution in [3.63, 3.8) is 0 Å². The number of piperidine rings is 1. The molecule has 1 aromatic heterocycles. The summed E-state index contributed by atoms with van der Waals surface area (Å²) in [6, 6.07) is 1.76. The van der Waals surface area contributed by atoms with Gasteiger partial charge in [0.25, 0.3) is 0 Å². The van der Waals surface area contributed by atoms with Gasteiger partial charge in [-0.05, 0) is 50.8 Å². The molecule has 1 saturated heterocycles. The number of sulfonamides is 1. The molecular weight excluding hydrogens is 392 g/mol. The Morgan fingerprint density at radius 3 is 2.41 bits per heavy atom. The van der Waals surface area contributed by atoms with E-state index < -0.39 is 10.0 Å². The Balaban J connectivity index is 2.28. The molecule has 1 fully saturated rings. The number of hydrogen-bond acceptors (Lipinski definition) is 4. The second-order valence-corrected chi connectivity index (χ2v) is 9.59. The van der Waals surface area contributed by atoms with E-state index in [1.165, 1.54) is 15.6 Å². The first-order valence-electron chi connectivity index (χ1n) is 5.12. The van der Waals surface area contributed by atoms with Crippen molar-refractivity contribution in [1.29, 1.82) is 0 Å². The lowest BCUT2D eigenvalue weighted by Gasteiger charge is -2.29. The fourth-order valence-electron chi connectivity index (χ4n) is 1.76. The monoisotopic (exact) mass is 402 g/mol. The van der Waals surface area contributed by atoms with Crippen molar-refractivity contribution >= 4 is 53.2 Å². The van der Waals surface area contributed by atoms with E-state index in [4.69, 9.17) is 5.73 Å². The third-order valence-corrected chi connectivity index (χ3v) is 7.40. The number of hydrogen-bond donors (Lipinski definition) is 1. The molecule has 0 amide bonds. The highest BCUT2D eigenvalue weighted by Gasteiger charge is 2.30. The maximum absolute atomic E-state index is 12.4. The van der Waals surface area contributed by atoms with Gasteiger partial charge < -0.3 is 5.73 Å². The molecule has 8 heteroatoms. The summed E-state index contributed by atoms with van der Waals surface area (Å²) in [5, 5.41) is 0. The van der Waals surface area contributed by atoms with Gasteiger partial charge in [-0.15, -0.1) is 11.3 Å². The zero-order valence-electron chi connectivity index (χ0n) is 8.90. The third-order valence-electron chi connectivity index (χ3n) is 2.74. The normalized spacial score (nSPS) is 19.7. The minimum atomic E-state index is -3.38. The van der Waals surface area contributed by atoms with Crippen LogP contribution in [0.3, 0.4) is 0 Å². The van der Waals surface area contributed by atoms with Gasteiger partial charge in [0.05, 0.1) is 7.57 Å². The quantitative estimate of drug-likeness (QED) is 0.824. The van der Waals surface area contributed by atoms with Crippen LogP contribution in [0.4, 0.5) is 0 Å².